The van der Waals surface area contributed by atoms with Crippen molar-refractivity contribution in [1.29, 1.82) is 0 Å². The van der Waals surface area contributed by atoms with Gasteiger partial charge in [0.1, 0.15) is 11.6 Å². The maximum Gasteiger partial charge on any atom is 0.252 e. The Balaban J connectivity index is 2.86. The normalized spacial score (nSPS) is 10.4. The Morgan fingerprint density at radius 3 is 2.81 bits per heavy atom. The number of anilines is 1. The first-order valence-electron chi connectivity index (χ1n) is 5.70. The Kier molecular flexibility index (Phi) is 4.98. The van der Waals surface area contributed by atoms with Crippen LogP contribution in [0.4, 0.5) is 5.82 Å². The lowest BCUT2D eigenvalue weighted by atomic mass is 10.3. The lowest BCUT2D eigenvalue weighted by Gasteiger charge is -2.22. The highest BCUT2D eigenvalue weighted by Gasteiger charge is 2.07. The van der Waals surface area contributed by atoms with Gasteiger partial charge in [0.2, 0.25) is 0 Å². The molecule has 3 N–H and O–H groups in total. The van der Waals surface area contributed by atoms with Crippen molar-refractivity contribution in [2.75, 3.05) is 24.5 Å². The molecule has 0 aliphatic rings. The molecule has 0 aliphatic heterocycles. The van der Waals surface area contributed by atoms with Crippen LogP contribution < -0.4 is 16.2 Å². The van der Waals surface area contributed by atoms with Crippen LogP contribution >= 0.6 is 0 Å². The molecular formula is C11H20N4O. The fraction of sp³-hybridized carbons (Fsp3) is 0.636. The number of unbranched alkanes of at least 4 members (excludes halogenated alkanes) is 1. The molecule has 1 heterocycles. The van der Waals surface area contributed by atoms with Crippen molar-refractivity contribution < 1.29 is 0 Å². The second kappa shape index (κ2) is 6.27. The number of rotatable bonds is 6. The Labute approximate surface area is 95.7 Å². The number of aromatic nitrogens is 2. The van der Waals surface area contributed by atoms with E-state index < -0.39 is 0 Å². The number of nitrogens with one attached hydrogen (secondary N) is 1. The predicted molar refractivity (Wildman–Crippen MR) is 65.8 cm³/mol. The molecule has 0 unspecified atom stereocenters. The number of aryl methyl sites for hydroxylation is 1. The highest BCUT2D eigenvalue weighted by atomic mass is 16.1. The third-order valence-electron chi connectivity index (χ3n) is 2.35. The molecule has 1 aromatic heterocycles. The summed E-state index contributed by atoms with van der Waals surface area (Å²) >= 11 is 0. The minimum atomic E-state index is -0.110. The van der Waals surface area contributed by atoms with Gasteiger partial charge in [-0.05, 0) is 13.3 Å². The highest BCUT2D eigenvalue weighted by molar-refractivity contribution is 5.37. The SMILES string of the molecule is CCCCN(CCN)c1cc(=O)[nH]c(C)n1. The Bertz CT molecular complexity index is 374. The Morgan fingerprint density at radius 2 is 2.25 bits per heavy atom. The molecule has 0 spiro atoms. The van der Waals surface area contributed by atoms with Crippen molar-refractivity contribution in [2.24, 2.45) is 5.73 Å². The van der Waals surface area contributed by atoms with Crippen LogP contribution in [0.1, 0.15) is 25.6 Å². The predicted octanol–water partition coefficient (Wildman–Crippen LogP) is 0.644. The van der Waals surface area contributed by atoms with Gasteiger partial charge >= 0.3 is 0 Å². The van der Waals surface area contributed by atoms with E-state index in [0.29, 0.717) is 12.4 Å². The molecule has 0 aromatic carbocycles. The number of hydrogen-bond acceptors (Lipinski definition) is 4. The summed E-state index contributed by atoms with van der Waals surface area (Å²) in [6.45, 7) is 6.11. The summed E-state index contributed by atoms with van der Waals surface area (Å²) in [5.74, 6) is 1.36. The monoisotopic (exact) mass is 224 g/mol. The molecule has 5 heteroatoms. The van der Waals surface area contributed by atoms with Gasteiger partial charge < -0.3 is 15.6 Å². The first kappa shape index (κ1) is 12.7. The summed E-state index contributed by atoms with van der Waals surface area (Å²) in [5.41, 5.74) is 5.45. The van der Waals surface area contributed by atoms with E-state index >= 15 is 0 Å². The van der Waals surface area contributed by atoms with Gasteiger partial charge in [0.05, 0.1) is 0 Å². The molecule has 0 radical (unpaired) electrons. The van der Waals surface area contributed by atoms with E-state index in [4.69, 9.17) is 5.73 Å². The molecule has 0 saturated carbocycles. The number of hydrogen-bond donors (Lipinski definition) is 2. The molecule has 0 saturated heterocycles. The lowest BCUT2D eigenvalue weighted by molar-refractivity contribution is 0.704. The Morgan fingerprint density at radius 1 is 1.50 bits per heavy atom. The fourth-order valence-electron chi connectivity index (χ4n) is 1.57. The van der Waals surface area contributed by atoms with Crippen LogP contribution in [0.2, 0.25) is 0 Å². The van der Waals surface area contributed by atoms with Crippen LogP contribution in [0.5, 0.6) is 0 Å². The van der Waals surface area contributed by atoms with E-state index in [1.807, 2.05) is 0 Å². The zero-order chi connectivity index (χ0) is 12.0. The van der Waals surface area contributed by atoms with Gasteiger partial charge in [-0.15, -0.1) is 0 Å². The zero-order valence-corrected chi connectivity index (χ0v) is 9.99. The van der Waals surface area contributed by atoms with Gasteiger partial charge in [0, 0.05) is 25.7 Å². The second-order valence-electron chi connectivity index (χ2n) is 3.82. The molecule has 90 valence electrons. The maximum absolute atomic E-state index is 11.3. The molecule has 0 amide bonds. The molecular weight excluding hydrogens is 204 g/mol. The summed E-state index contributed by atoms with van der Waals surface area (Å²) in [4.78, 5) is 20.4. The largest absolute Gasteiger partial charge is 0.355 e. The highest BCUT2D eigenvalue weighted by Crippen LogP contribution is 2.08. The molecule has 1 aromatic rings. The molecule has 0 fully saturated rings. The van der Waals surface area contributed by atoms with Gasteiger partial charge in [0.15, 0.2) is 0 Å². The molecule has 5 nitrogen and oxygen atoms in total. The quantitative estimate of drug-likeness (QED) is 0.743. The van der Waals surface area contributed by atoms with Crippen LogP contribution in [0.3, 0.4) is 0 Å². The van der Waals surface area contributed by atoms with Gasteiger partial charge in [-0.1, -0.05) is 13.3 Å². The summed E-state index contributed by atoms with van der Waals surface area (Å²) in [7, 11) is 0. The number of nitrogens with zero attached hydrogens (tertiary/aromatic N) is 2. The smallest absolute Gasteiger partial charge is 0.252 e. The minimum absolute atomic E-state index is 0.110. The minimum Gasteiger partial charge on any atom is -0.355 e. The summed E-state index contributed by atoms with van der Waals surface area (Å²) in [6.07, 6.45) is 2.19. The van der Waals surface area contributed by atoms with Crippen molar-refractivity contribution in [2.45, 2.75) is 26.7 Å². The third kappa shape index (κ3) is 3.66. The van der Waals surface area contributed by atoms with Crippen molar-refractivity contribution in [3.05, 3.63) is 22.2 Å². The van der Waals surface area contributed by atoms with Gasteiger partial charge in [-0.3, -0.25) is 4.79 Å². The van der Waals surface area contributed by atoms with E-state index in [-0.39, 0.29) is 5.56 Å². The molecule has 0 bridgehead atoms. The number of H-pyrrole nitrogens is 1. The summed E-state index contributed by atoms with van der Waals surface area (Å²) < 4.78 is 0. The average Bonchev–Trinajstić information content (AvgIpc) is 2.22. The van der Waals surface area contributed by atoms with Crippen molar-refractivity contribution in [3.8, 4) is 0 Å². The van der Waals surface area contributed by atoms with Crippen LogP contribution in [-0.4, -0.2) is 29.6 Å². The Hall–Kier alpha value is -1.36. The second-order valence-corrected chi connectivity index (χ2v) is 3.82. The summed E-state index contributed by atoms with van der Waals surface area (Å²) in [5, 5.41) is 0. The molecule has 1 rings (SSSR count). The lowest BCUT2D eigenvalue weighted by Crippen LogP contribution is -2.32. The van der Waals surface area contributed by atoms with E-state index in [2.05, 4.69) is 21.8 Å². The number of nitrogens with two attached hydrogens (primary N) is 1. The fourth-order valence-corrected chi connectivity index (χ4v) is 1.57. The zero-order valence-electron chi connectivity index (χ0n) is 9.99. The van der Waals surface area contributed by atoms with Crippen molar-refractivity contribution in [1.82, 2.24) is 9.97 Å². The van der Waals surface area contributed by atoms with Crippen LogP contribution in [0.25, 0.3) is 0 Å². The maximum atomic E-state index is 11.3. The average molecular weight is 224 g/mol. The first-order chi connectivity index (χ1) is 7.67. The third-order valence-corrected chi connectivity index (χ3v) is 2.35. The van der Waals surface area contributed by atoms with Gasteiger partial charge in [0.25, 0.3) is 5.56 Å². The number of aromatic amines is 1. The topological polar surface area (TPSA) is 75.0 Å². The standard InChI is InChI=1S/C11H20N4O/c1-3-4-6-15(7-5-12)10-8-11(16)14-9(2)13-10/h8H,3-7,12H2,1-2H3,(H,13,14,16). The van der Waals surface area contributed by atoms with E-state index in [1.54, 1.807) is 6.92 Å². The van der Waals surface area contributed by atoms with Crippen molar-refractivity contribution in [3.63, 3.8) is 0 Å². The van der Waals surface area contributed by atoms with Gasteiger partial charge in [-0.2, -0.15) is 0 Å². The first-order valence-corrected chi connectivity index (χ1v) is 5.70. The van der Waals surface area contributed by atoms with E-state index in [1.165, 1.54) is 6.07 Å². The molecule has 0 aliphatic carbocycles. The van der Waals surface area contributed by atoms with Crippen LogP contribution in [0.15, 0.2) is 10.9 Å². The molecule has 16 heavy (non-hydrogen) atoms. The van der Waals surface area contributed by atoms with E-state index in [0.717, 1.165) is 31.7 Å². The van der Waals surface area contributed by atoms with Crippen molar-refractivity contribution >= 4 is 5.82 Å². The van der Waals surface area contributed by atoms with Crippen LogP contribution in [0, 0.1) is 6.92 Å². The van der Waals surface area contributed by atoms with E-state index in [9.17, 15) is 4.79 Å². The molecule has 0 atom stereocenters. The van der Waals surface area contributed by atoms with Crippen LogP contribution in [-0.2, 0) is 0 Å². The van der Waals surface area contributed by atoms with Gasteiger partial charge in [-0.25, -0.2) is 4.98 Å². The summed E-state index contributed by atoms with van der Waals surface area (Å²) in [6, 6.07) is 1.53.